The Bertz CT molecular complexity index is 799. The van der Waals surface area contributed by atoms with Crippen LogP contribution in [0.25, 0.3) is 22.5 Å². The average molecular weight is 280 g/mol. The predicted octanol–water partition coefficient (Wildman–Crippen LogP) is 2.45. The van der Waals surface area contributed by atoms with E-state index in [4.69, 9.17) is 15.2 Å². The largest absolute Gasteiger partial charge is 0.454 e. The van der Waals surface area contributed by atoms with Gasteiger partial charge in [-0.25, -0.2) is 0 Å². The number of anilines is 1. The minimum absolute atomic E-state index is 0.243. The number of nitrogen functional groups attached to an aromatic ring is 1. The second kappa shape index (κ2) is 4.52. The molecule has 3 aromatic rings. The summed E-state index contributed by atoms with van der Waals surface area (Å²) in [5, 5.41) is 7.05. The smallest absolute Gasteiger partial charge is 0.231 e. The van der Waals surface area contributed by atoms with Crippen molar-refractivity contribution >= 4 is 5.82 Å². The number of nitrogens with zero attached hydrogens (tertiary/aromatic N) is 2. The van der Waals surface area contributed by atoms with Gasteiger partial charge in [-0.3, -0.25) is 10.1 Å². The molecule has 0 saturated carbocycles. The van der Waals surface area contributed by atoms with E-state index in [-0.39, 0.29) is 6.79 Å². The third-order valence-electron chi connectivity index (χ3n) is 3.38. The molecule has 4 rings (SSSR count). The second-order valence-corrected chi connectivity index (χ2v) is 4.64. The first-order valence-corrected chi connectivity index (χ1v) is 6.48. The molecule has 0 amide bonds. The van der Waals surface area contributed by atoms with Crippen LogP contribution < -0.4 is 15.2 Å². The Morgan fingerprint density at radius 2 is 2.00 bits per heavy atom. The molecule has 3 heterocycles. The van der Waals surface area contributed by atoms with Crippen LogP contribution in [0, 0.1) is 0 Å². The fourth-order valence-electron chi connectivity index (χ4n) is 2.40. The van der Waals surface area contributed by atoms with Gasteiger partial charge in [-0.05, 0) is 29.8 Å². The minimum atomic E-state index is 0.243. The summed E-state index contributed by atoms with van der Waals surface area (Å²) in [5.41, 5.74) is 9.30. The first-order chi connectivity index (χ1) is 10.3. The zero-order valence-electron chi connectivity index (χ0n) is 11.0. The molecule has 0 spiro atoms. The average Bonchev–Trinajstić information content (AvgIpc) is 3.13. The second-order valence-electron chi connectivity index (χ2n) is 4.64. The Kier molecular flexibility index (Phi) is 2.53. The molecule has 0 unspecified atom stereocenters. The summed E-state index contributed by atoms with van der Waals surface area (Å²) in [6, 6.07) is 11.4. The first kappa shape index (κ1) is 11.8. The van der Waals surface area contributed by atoms with Gasteiger partial charge in [-0.2, -0.15) is 5.10 Å². The Morgan fingerprint density at radius 3 is 2.86 bits per heavy atom. The van der Waals surface area contributed by atoms with Crippen molar-refractivity contribution < 1.29 is 9.47 Å². The van der Waals surface area contributed by atoms with E-state index in [1.54, 1.807) is 6.20 Å². The quantitative estimate of drug-likeness (QED) is 0.753. The standard InChI is InChI=1S/C15H12N4O2/c16-15-13(9-4-5-11-12(7-9)21-8-20-11)14(18-19-15)10-3-1-2-6-17-10/h1-7H,8H2,(H3,16,18,19). The first-order valence-electron chi connectivity index (χ1n) is 6.48. The lowest BCUT2D eigenvalue weighted by Crippen LogP contribution is -1.93. The number of hydrogen-bond acceptors (Lipinski definition) is 5. The van der Waals surface area contributed by atoms with Gasteiger partial charge in [0, 0.05) is 6.20 Å². The van der Waals surface area contributed by atoms with Crippen molar-refractivity contribution in [2.45, 2.75) is 0 Å². The molecular weight excluding hydrogens is 268 g/mol. The number of ether oxygens (including phenoxy) is 2. The molecule has 0 bridgehead atoms. The summed E-state index contributed by atoms with van der Waals surface area (Å²) >= 11 is 0. The van der Waals surface area contributed by atoms with Gasteiger partial charge in [0.2, 0.25) is 6.79 Å². The van der Waals surface area contributed by atoms with Gasteiger partial charge in [0.1, 0.15) is 0 Å². The molecule has 1 aromatic carbocycles. The fraction of sp³-hybridized carbons (Fsp3) is 0.0667. The van der Waals surface area contributed by atoms with Crippen LogP contribution in [0.4, 0.5) is 5.82 Å². The van der Waals surface area contributed by atoms with E-state index in [9.17, 15) is 0 Å². The third-order valence-corrected chi connectivity index (χ3v) is 3.38. The summed E-state index contributed by atoms with van der Waals surface area (Å²) in [6.07, 6.45) is 1.73. The maximum absolute atomic E-state index is 6.01. The summed E-state index contributed by atoms with van der Waals surface area (Å²) in [7, 11) is 0. The van der Waals surface area contributed by atoms with Crippen LogP contribution in [-0.2, 0) is 0 Å². The van der Waals surface area contributed by atoms with Crippen LogP contribution in [0.15, 0.2) is 42.6 Å². The zero-order valence-corrected chi connectivity index (χ0v) is 11.0. The van der Waals surface area contributed by atoms with E-state index in [1.165, 1.54) is 0 Å². The highest BCUT2D eigenvalue weighted by Crippen LogP contribution is 2.40. The van der Waals surface area contributed by atoms with Gasteiger partial charge < -0.3 is 15.2 Å². The van der Waals surface area contributed by atoms with Crippen LogP contribution in [0.5, 0.6) is 11.5 Å². The number of nitrogens with two attached hydrogens (primary N) is 1. The van der Waals surface area contributed by atoms with E-state index in [0.29, 0.717) is 11.6 Å². The van der Waals surface area contributed by atoms with E-state index in [1.807, 2.05) is 36.4 Å². The van der Waals surface area contributed by atoms with Gasteiger partial charge in [0.05, 0.1) is 17.0 Å². The molecule has 2 aromatic heterocycles. The van der Waals surface area contributed by atoms with Crippen molar-refractivity contribution in [1.29, 1.82) is 0 Å². The highest BCUT2D eigenvalue weighted by molar-refractivity contribution is 5.87. The number of fused-ring (bicyclic) bond motifs is 1. The molecule has 0 aliphatic carbocycles. The molecule has 1 aliphatic rings. The number of aromatic amines is 1. The van der Waals surface area contributed by atoms with Crippen LogP contribution in [0.2, 0.25) is 0 Å². The Balaban J connectivity index is 1.87. The highest BCUT2D eigenvalue weighted by Gasteiger charge is 2.19. The molecule has 6 nitrogen and oxygen atoms in total. The Hall–Kier alpha value is -3.02. The van der Waals surface area contributed by atoms with Crippen molar-refractivity contribution in [3.8, 4) is 34.0 Å². The van der Waals surface area contributed by atoms with Crippen molar-refractivity contribution in [2.75, 3.05) is 12.5 Å². The molecule has 0 saturated heterocycles. The summed E-state index contributed by atoms with van der Waals surface area (Å²) < 4.78 is 10.7. The van der Waals surface area contributed by atoms with Gasteiger partial charge in [-0.1, -0.05) is 12.1 Å². The van der Waals surface area contributed by atoms with Crippen LogP contribution in [-0.4, -0.2) is 22.0 Å². The highest BCUT2D eigenvalue weighted by atomic mass is 16.7. The molecule has 0 atom stereocenters. The monoisotopic (exact) mass is 280 g/mol. The number of benzene rings is 1. The normalized spacial score (nSPS) is 12.6. The molecule has 6 heteroatoms. The zero-order chi connectivity index (χ0) is 14.2. The van der Waals surface area contributed by atoms with Gasteiger partial charge in [0.25, 0.3) is 0 Å². The molecule has 104 valence electrons. The van der Waals surface area contributed by atoms with E-state index in [2.05, 4.69) is 15.2 Å². The van der Waals surface area contributed by atoms with Gasteiger partial charge >= 0.3 is 0 Å². The number of aromatic nitrogens is 3. The Morgan fingerprint density at radius 1 is 1.10 bits per heavy atom. The molecule has 21 heavy (non-hydrogen) atoms. The van der Waals surface area contributed by atoms with Crippen molar-refractivity contribution in [3.63, 3.8) is 0 Å². The maximum atomic E-state index is 6.01. The minimum Gasteiger partial charge on any atom is -0.454 e. The van der Waals surface area contributed by atoms with Crippen molar-refractivity contribution in [3.05, 3.63) is 42.6 Å². The SMILES string of the molecule is Nc1n[nH]c(-c2ccccn2)c1-c1ccc2c(c1)OCO2. The number of rotatable bonds is 2. The number of H-pyrrole nitrogens is 1. The lowest BCUT2D eigenvalue weighted by molar-refractivity contribution is 0.174. The molecule has 0 fully saturated rings. The maximum Gasteiger partial charge on any atom is 0.231 e. The van der Waals surface area contributed by atoms with Crippen LogP contribution in [0.1, 0.15) is 0 Å². The number of nitrogens with one attached hydrogen (secondary N) is 1. The van der Waals surface area contributed by atoms with Crippen LogP contribution in [0.3, 0.4) is 0 Å². The number of hydrogen-bond donors (Lipinski definition) is 2. The summed E-state index contributed by atoms with van der Waals surface area (Å²) in [6.45, 7) is 0.243. The Labute approximate surface area is 120 Å². The fourth-order valence-corrected chi connectivity index (χ4v) is 2.40. The molecule has 1 aliphatic heterocycles. The third kappa shape index (κ3) is 1.88. The predicted molar refractivity (Wildman–Crippen MR) is 77.8 cm³/mol. The molecular formula is C15H12N4O2. The van der Waals surface area contributed by atoms with Gasteiger partial charge in [-0.15, -0.1) is 0 Å². The molecule has 3 N–H and O–H groups in total. The summed E-state index contributed by atoms with van der Waals surface area (Å²) in [5.74, 6) is 1.87. The topological polar surface area (TPSA) is 86.1 Å². The lowest BCUT2D eigenvalue weighted by atomic mass is 10.0. The van der Waals surface area contributed by atoms with E-state index in [0.717, 1.165) is 28.3 Å². The summed E-state index contributed by atoms with van der Waals surface area (Å²) in [4.78, 5) is 4.34. The lowest BCUT2D eigenvalue weighted by Gasteiger charge is -2.05. The van der Waals surface area contributed by atoms with E-state index >= 15 is 0 Å². The molecule has 0 radical (unpaired) electrons. The van der Waals surface area contributed by atoms with Crippen molar-refractivity contribution in [1.82, 2.24) is 15.2 Å². The number of pyridine rings is 1. The van der Waals surface area contributed by atoms with E-state index < -0.39 is 0 Å². The van der Waals surface area contributed by atoms with Crippen LogP contribution >= 0.6 is 0 Å². The van der Waals surface area contributed by atoms with Crippen molar-refractivity contribution in [2.24, 2.45) is 0 Å². The van der Waals surface area contributed by atoms with Gasteiger partial charge in [0.15, 0.2) is 17.3 Å².